The van der Waals surface area contributed by atoms with E-state index < -0.39 is 22.9 Å². The first-order valence-corrected chi connectivity index (χ1v) is 4.15. The molecule has 0 aliphatic heterocycles. The molecular formula is C7H6N4O5. The Bertz CT molecular complexity index is 730. The first-order valence-electron chi connectivity index (χ1n) is 4.15. The Kier molecular flexibility index (Phi) is 2.01. The van der Waals surface area contributed by atoms with Gasteiger partial charge in [0.25, 0.3) is 0 Å². The Morgan fingerprint density at radius 2 is 1.88 bits per heavy atom. The van der Waals surface area contributed by atoms with Gasteiger partial charge in [-0.3, -0.25) is 19.7 Å². The minimum absolute atomic E-state index is 0.0524. The van der Waals surface area contributed by atoms with Gasteiger partial charge >= 0.3 is 22.9 Å². The second kappa shape index (κ2) is 3.22. The van der Waals surface area contributed by atoms with Gasteiger partial charge in [0.15, 0.2) is 5.52 Å². The van der Waals surface area contributed by atoms with Crippen molar-refractivity contribution in [1.82, 2.24) is 19.7 Å². The van der Waals surface area contributed by atoms with E-state index in [1.54, 1.807) is 0 Å². The zero-order valence-electron chi connectivity index (χ0n) is 7.99. The molecule has 0 atom stereocenters. The number of hydrogen-bond acceptors (Lipinski definition) is 5. The number of rotatable bonds is 1. The summed E-state index contributed by atoms with van der Waals surface area (Å²) in [4.78, 5) is 55.3. The van der Waals surface area contributed by atoms with E-state index in [1.165, 1.54) is 0 Å². The standard InChI is InChI=1S/C7H6N4O5/c1-2(12)16-11-5(13)3-4(10-7(11)15)9-6(14)8-3/h1H3,(H,10,15)(H2,8,9,14). The van der Waals surface area contributed by atoms with Crippen LogP contribution in [-0.2, 0) is 4.79 Å². The third-order valence-electron chi connectivity index (χ3n) is 1.76. The van der Waals surface area contributed by atoms with E-state index in [4.69, 9.17) is 0 Å². The van der Waals surface area contributed by atoms with Crippen LogP contribution in [0.5, 0.6) is 0 Å². The lowest BCUT2D eigenvalue weighted by Gasteiger charge is -2.00. The van der Waals surface area contributed by atoms with Crippen molar-refractivity contribution in [3.05, 3.63) is 31.3 Å². The molecule has 2 aromatic heterocycles. The third kappa shape index (κ3) is 1.43. The lowest BCUT2D eigenvalue weighted by Crippen LogP contribution is -2.41. The predicted molar refractivity (Wildman–Crippen MR) is 51.1 cm³/mol. The molecule has 0 fully saturated rings. The third-order valence-corrected chi connectivity index (χ3v) is 1.76. The number of imidazole rings is 1. The number of nitrogens with zero attached hydrogens (tertiary/aromatic N) is 1. The minimum atomic E-state index is -0.956. The van der Waals surface area contributed by atoms with Gasteiger partial charge in [-0.25, -0.2) is 14.4 Å². The first-order chi connectivity index (χ1) is 7.49. The smallest absolute Gasteiger partial charge is 0.329 e. The summed E-state index contributed by atoms with van der Waals surface area (Å²) in [7, 11) is 0. The molecule has 0 aromatic carbocycles. The summed E-state index contributed by atoms with van der Waals surface area (Å²) < 4.78 is 0.231. The van der Waals surface area contributed by atoms with Gasteiger partial charge in [-0.05, 0) is 0 Å². The molecule has 3 N–H and O–H groups in total. The fraction of sp³-hybridized carbons (Fsp3) is 0.143. The van der Waals surface area contributed by atoms with Crippen LogP contribution >= 0.6 is 0 Å². The summed E-state index contributed by atoms with van der Waals surface area (Å²) in [6, 6.07) is 0. The van der Waals surface area contributed by atoms with Crippen LogP contribution in [0.3, 0.4) is 0 Å². The highest BCUT2D eigenvalue weighted by molar-refractivity contribution is 5.69. The second-order valence-corrected chi connectivity index (χ2v) is 2.94. The van der Waals surface area contributed by atoms with Crippen molar-refractivity contribution in [3.63, 3.8) is 0 Å². The highest BCUT2D eigenvalue weighted by Gasteiger charge is 2.12. The average Bonchev–Trinajstić information content (AvgIpc) is 2.53. The van der Waals surface area contributed by atoms with Gasteiger partial charge in [-0.15, -0.1) is 0 Å². The Morgan fingerprint density at radius 3 is 2.50 bits per heavy atom. The molecule has 2 rings (SSSR count). The van der Waals surface area contributed by atoms with E-state index in [-0.39, 0.29) is 15.9 Å². The van der Waals surface area contributed by atoms with Gasteiger partial charge in [0, 0.05) is 6.92 Å². The van der Waals surface area contributed by atoms with Crippen LogP contribution in [0.25, 0.3) is 11.2 Å². The van der Waals surface area contributed by atoms with Crippen LogP contribution in [0.15, 0.2) is 14.4 Å². The van der Waals surface area contributed by atoms with Gasteiger partial charge in [0.1, 0.15) is 5.65 Å². The molecule has 0 unspecified atom stereocenters. The maximum Gasteiger partial charge on any atom is 0.364 e. The van der Waals surface area contributed by atoms with Crippen LogP contribution in [0.4, 0.5) is 0 Å². The van der Waals surface area contributed by atoms with Crippen molar-refractivity contribution in [2.45, 2.75) is 6.92 Å². The molecular weight excluding hydrogens is 220 g/mol. The van der Waals surface area contributed by atoms with E-state index in [9.17, 15) is 19.2 Å². The van der Waals surface area contributed by atoms with E-state index in [2.05, 4.69) is 19.8 Å². The van der Waals surface area contributed by atoms with Crippen LogP contribution in [0.1, 0.15) is 6.92 Å². The van der Waals surface area contributed by atoms with Gasteiger partial charge < -0.3 is 4.84 Å². The predicted octanol–water partition coefficient (Wildman–Crippen LogP) is -2.32. The maximum absolute atomic E-state index is 11.6. The molecule has 0 aliphatic rings. The molecule has 9 heteroatoms. The number of aromatic amines is 3. The van der Waals surface area contributed by atoms with E-state index in [0.29, 0.717) is 0 Å². The molecule has 0 bridgehead atoms. The van der Waals surface area contributed by atoms with Crippen LogP contribution in [0.2, 0.25) is 0 Å². The van der Waals surface area contributed by atoms with Gasteiger partial charge in [0.2, 0.25) is 0 Å². The second-order valence-electron chi connectivity index (χ2n) is 2.94. The molecule has 9 nitrogen and oxygen atoms in total. The molecule has 2 aromatic rings. The number of hydrogen-bond donors (Lipinski definition) is 3. The van der Waals surface area contributed by atoms with Gasteiger partial charge in [-0.2, -0.15) is 0 Å². The molecule has 0 radical (unpaired) electrons. The normalized spacial score (nSPS) is 10.6. The summed E-state index contributed by atoms with van der Waals surface area (Å²) >= 11 is 0. The minimum Gasteiger partial charge on any atom is -0.329 e. The van der Waals surface area contributed by atoms with Crippen molar-refractivity contribution in [2.75, 3.05) is 0 Å². The Labute approximate surface area is 85.6 Å². The Hall–Kier alpha value is -2.58. The highest BCUT2D eigenvalue weighted by atomic mass is 16.7. The van der Waals surface area contributed by atoms with Crippen molar-refractivity contribution >= 4 is 17.1 Å². The van der Waals surface area contributed by atoms with Crippen LogP contribution in [0, 0.1) is 0 Å². The number of nitrogens with one attached hydrogen (secondary N) is 3. The van der Waals surface area contributed by atoms with Gasteiger partial charge in [0.05, 0.1) is 0 Å². The highest BCUT2D eigenvalue weighted by Crippen LogP contribution is 1.90. The molecule has 0 saturated carbocycles. The zero-order chi connectivity index (χ0) is 11.9. The first kappa shape index (κ1) is 9.96. The summed E-state index contributed by atoms with van der Waals surface area (Å²) in [6.07, 6.45) is 0. The molecule has 0 aliphatic carbocycles. The van der Waals surface area contributed by atoms with E-state index >= 15 is 0 Å². The Morgan fingerprint density at radius 1 is 1.19 bits per heavy atom. The van der Waals surface area contributed by atoms with Crippen LogP contribution in [-0.4, -0.2) is 25.7 Å². The molecule has 2 heterocycles. The van der Waals surface area contributed by atoms with Crippen LogP contribution < -0.4 is 21.8 Å². The molecule has 0 saturated heterocycles. The van der Waals surface area contributed by atoms with Crippen molar-refractivity contribution < 1.29 is 9.63 Å². The van der Waals surface area contributed by atoms with Crippen molar-refractivity contribution in [3.8, 4) is 0 Å². The van der Waals surface area contributed by atoms with Crippen molar-refractivity contribution in [1.29, 1.82) is 0 Å². The summed E-state index contributed by atoms with van der Waals surface area (Å²) in [5, 5.41) is 0. The number of carbonyl (C=O) groups excluding carboxylic acids is 1. The zero-order valence-corrected chi connectivity index (χ0v) is 7.99. The quantitative estimate of drug-likeness (QED) is 0.502. The number of H-pyrrole nitrogens is 3. The summed E-state index contributed by atoms with van der Waals surface area (Å²) in [6.45, 7) is 1.04. The lowest BCUT2D eigenvalue weighted by molar-refractivity contribution is -0.142. The average molecular weight is 226 g/mol. The molecule has 16 heavy (non-hydrogen) atoms. The Balaban J connectivity index is 2.85. The fourth-order valence-electron chi connectivity index (χ4n) is 1.20. The summed E-state index contributed by atoms with van der Waals surface area (Å²) in [5.74, 6) is -0.829. The number of carbonyl (C=O) groups is 1. The molecule has 0 spiro atoms. The largest absolute Gasteiger partial charge is 0.364 e. The SMILES string of the molecule is CC(=O)On1c(=O)[nH]c2[nH]c(=O)[nH]c2c1=O. The molecule has 0 amide bonds. The fourth-order valence-corrected chi connectivity index (χ4v) is 1.20. The lowest BCUT2D eigenvalue weighted by atomic mass is 10.5. The van der Waals surface area contributed by atoms with Crippen molar-refractivity contribution in [2.24, 2.45) is 0 Å². The summed E-state index contributed by atoms with van der Waals surface area (Å²) in [5.41, 5.74) is -2.76. The number of aromatic nitrogens is 4. The topological polar surface area (TPSA) is 130 Å². The van der Waals surface area contributed by atoms with E-state index in [0.717, 1.165) is 6.92 Å². The monoisotopic (exact) mass is 226 g/mol. The number of fused-ring (bicyclic) bond motifs is 1. The maximum atomic E-state index is 11.6. The van der Waals surface area contributed by atoms with E-state index in [1.807, 2.05) is 0 Å². The molecule has 84 valence electrons. The van der Waals surface area contributed by atoms with Gasteiger partial charge in [-0.1, -0.05) is 4.73 Å².